The monoisotopic (exact) mass is 338 g/mol. The van der Waals surface area contributed by atoms with Gasteiger partial charge in [-0.3, -0.25) is 0 Å². The van der Waals surface area contributed by atoms with Gasteiger partial charge < -0.3 is 14.9 Å². The quantitative estimate of drug-likeness (QED) is 0.840. The summed E-state index contributed by atoms with van der Waals surface area (Å²) in [5, 5.41) is 20.0. The van der Waals surface area contributed by atoms with Gasteiger partial charge in [0.15, 0.2) is 0 Å². The van der Waals surface area contributed by atoms with Crippen LogP contribution in [0.1, 0.15) is 59.8 Å². The van der Waals surface area contributed by atoms with Gasteiger partial charge in [-0.25, -0.2) is 0 Å². The summed E-state index contributed by atoms with van der Waals surface area (Å²) in [5.41, 5.74) is 4.89. The average molecular weight is 338 g/mol. The van der Waals surface area contributed by atoms with E-state index in [1.807, 2.05) is 6.07 Å². The second-order valence-corrected chi connectivity index (χ2v) is 7.57. The van der Waals surface area contributed by atoms with E-state index in [1.54, 1.807) is 19.2 Å². The number of hydrogen-bond acceptors (Lipinski definition) is 3. The molecule has 2 aromatic rings. The molecule has 4 rings (SSSR count). The molecular formula is C22H26O3. The Kier molecular flexibility index (Phi) is 4.43. The highest BCUT2D eigenvalue weighted by molar-refractivity contribution is 5.47. The topological polar surface area (TPSA) is 49.7 Å². The van der Waals surface area contributed by atoms with Gasteiger partial charge in [0.05, 0.1) is 6.61 Å². The fraction of sp³-hybridized carbons (Fsp3) is 0.455. The molecule has 132 valence electrons. The van der Waals surface area contributed by atoms with Crippen molar-refractivity contribution in [1.82, 2.24) is 0 Å². The molecular weight excluding hydrogens is 312 g/mol. The summed E-state index contributed by atoms with van der Waals surface area (Å²) in [6.07, 6.45) is 6.01. The molecule has 0 aliphatic heterocycles. The van der Waals surface area contributed by atoms with Gasteiger partial charge in [-0.1, -0.05) is 25.0 Å². The standard InChI is InChI=1S/C22H26O3/c1-25-13-16-10-15-11-20(14-6-8-17(23)9-7-14)18-4-2-3-5-19(18)21(15)12-22(16)24/h6-10,12,18-20,23-24H,2-5,11,13H2,1H3. The zero-order valence-electron chi connectivity index (χ0n) is 14.7. The van der Waals surface area contributed by atoms with Gasteiger partial charge in [0.25, 0.3) is 0 Å². The van der Waals surface area contributed by atoms with Crippen molar-refractivity contribution in [3.05, 3.63) is 58.7 Å². The summed E-state index contributed by atoms with van der Waals surface area (Å²) in [6, 6.07) is 11.9. The lowest BCUT2D eigenvalue weighted by Crippen LogP contribution is -2.31. The predicted molar refractivity (Wildman–Crippen MR) is 98.1 cm³/mol. The third-order valence-electron chi connectivity index (χ3n) is 6.14. The lowest BCUT2D eigenvalue weighted by molar-refractivity contribution is 0.181. The molecule has 2 aliphatic rings. The van der Waals surface area contributed by atoms with Crippen molar-refractivity contribution >= 4 is 0 Å². The molecule has 2 aromatic carbocycles. The minimum absolute atomic E-state index is 0.326. The first-order valence-electron chi connectivity index (χ1n) is 9.30. The molecule has 2 aliphatic carbocycles. The summed E-state index contributed by atoms with van der Waals surface area (Å²) in [4.78, 5) is 0. The van der Waals surface area contributed by atoms with E-state index in [0.717, 1.165) is 12.0 Å². The smallest absolute Gasteiger partial charge is 0.121 e. The lowest BCUT2D eigenvalue weighted by atomic mass is 9.61. The van der Waals surface area contributed by atoms with Gasteiger partial charge in [0.1, 0.15) is 11.5 Å². The van der Waals surface area contributed by atoms with E-state index in [1.165, 1.54) is 42.4 Å². The van der Waals surface area contributed by atoms with Crippen LogP contribution in [-0.4, -0.2) is 17.3 Å². The molecule has 25 heavy (non-hydrogen) atoms. The number of aromatic hydroxyl groups is 2. The predicted octanol–water partition coefficient (Wildman–Crippen LogP) is 4.86. The van der Waals surface area contributed by atoms with Crippen LogP contribution in [-0.2, 0) is 17.8 Å². The van der Waals surface area contributed by atoms with Crippen LogP contribution >= 0.6 is 0 Å². The van der Waals surface area contributed by atoms with Crippen LogP contribution in [0.25, 0.3) is 0 Å². The van der Waals surface area contributed by atoms with Crippen molar-refractivity contribution in [2.45, 2.75) is 50.5 Å². The van der Waals surface area contributed by atoms with Gasteiger partial charge in [0, 0.05) is 12.7 Å². The van der Waals surface area contributed by atoms with Crippen molar-refractivity contribution in [3.63, 3.8) is 0 Å². The molecule has 3 heteroatoms. The Balaban J connectivity index is 1.76. The van der Waals surface area contributed by atoms with Crippen LogP contribution in [0.4, 0.5) is 0 Å². The number of methoxy groups -OCH3 is 1. The summed E-state index contributed by atoms with van der Waals surface area (Å²) in [7, 11) is 1.66. The SMILES string of the molecule is COCc1cc2c(cc1O)C1CCCCC1C(c1ccc(O)cc1)C2. The van der Waals surface area contributed by atoms with E-state index in [2.05, 4.69) is 18.2 Å². The van der Waals surface area contributed by atoms with Gasteiger partial charge in [-0.15, -0.1) is 0 Å². The van der Waals surface area contributed by atoms with E-state index in [0.29, 0.717) is 35.9 Å². The largest absolute Gasteiger partial charge is 0.508 e. The molecule has 0 radical (unpaired) electrons. The number of benzene rings is 2. The highest BCUT2D eigenvalue weighted by Crippen LogP contribution is 2.52. The number of phenolic OH excluding ortho intramolecular Hbond substituents is 2. The highest BCUT2D eigenvalue weighted by Gasteiger charge is 2.39. The summed E-state index contributed by atoms with van der Waals surface area (Å²) >= 11 is 0. The van der Waals surface area contributed by atoms with Gasteiger partial charge >= 0.3 is 0 Å². The second-order valence-electron chi connectivity index (χ2n) is 7.57. The minimum Gasteiger partial charge on any atom is -0.508 e. The molecule has 0 amide bonds. The number of hydrogen-bond donors (Lipinski definition) is 2. The number of rotatable bonds is 3. The highest BCUT2D eigenvalue weighted by atomic mass is 16.5. The number of fused-ring (bicyclic) bond motifs is 3. The van der Waals surface area contributed by atoms with E-state index in [4.69, 9.17) is 4.74 Å². The third-order valence-corrected chi connectivity index (χ3v) is 6.14. The van der Waals surface area contributed by atoms with Crippen LogP contribution in [0.2, 0.25) is 0 Å². The normalized spacial score (nSPS) is 25.2. The molecule has 0 saturated heterocycles. The zero-order valence-corrected chi connectivity index (χ0v) is 14.7. The van der Waals surface area contributed by atoms with Crippen LogP contribution in [0.5, 0.6) is 11.5 Å². The van der Waals surface area contributed by atoms with E-state index < -0.39 is 0 Å². The van der Waals surface area contributed by atoms with Crippen molar-refractivity contribution in [2.24, 2.45) is 5.92 Å². The van der Waals surface area contributed by atoms with Gasteiger partial charge in [-0.2, -0.15) is 0 Å². The Bertz CT molecular complexity index is 751. The molecule has 3 atom stereocenters. The molecule has 3 unspecified atom stereocenters. The van der Waals surface area contributed by atoms with Crippen LogP contribution in [0, 0.1) is 5.92 Å². The Morgan fingerprint density at radius 3 is 2.52 bits per heavy atom. The Hall–Kier alpha value is -2.00. The van der Waals surface area contributed by atoms with Crippen LogP contribution < -0.4 is 0 Å². The zero-order chi connectivity index (χ0) is 17.4. The maximum atomic E-state index is 10.4. The molecule has 0 heterocycles. The van der Waals surface area contributed by atoms with Crippen molar-refractivity contribution in [3.8, 4) is 11.5 Å². The summed E-state index contributed by atoms with van der Waals surface area (Å²) in [6.45, 7) is 0.442. The molecule has 1 saturated carbocycles. The Labute approximate surface area is 149 Å². The lowest BCUT2D eigenvalue weighted by Gasteiger charge is -2.43. The van der Waals surface area contributed by atoms with E-state index in [-0.39, 0.29) is 0 Å². The Morgan fingerprint density at radius 2 is 1.76 bits per heavy atom. The van der Waals surface area contributed by atoms with Gasteiger partial charge in [-0.05, 0) is 78.0 Å². The first-order chi connectivity index (χ1) is 12.2. The van der Waals surface area contributed by atoms with E-state index in [9.17, 15) is 10.2 Å². The maximum Gasteiger partial charge on any atom is 0.121 e. The van der Waals surface area contributed by atoms with Gasteiger partial charge in [0.2, 0.25) is 0 Å². The molecule has 1 fully saturated rings. The maximum absolute atomic E-state index is 10.4. The van der Waals surface area contributed by atoms with Crippen LogP contribution in [0.3, 0.4) is 0 Å². The first kappa shape index (κ1) is 16.5. The summed E-state index contributed by atoms with van der Waals surface area (Å²) in [5.74, 6) is 2.33. The molecule has 3 nitrogen and oxygen atoms in total. The third kappa shape index (κ3) is 3.02. The second kappa shape index (κ2) is 6.72. The first-order valence-corrected chi connectivity index (χ1v) is 9.30. The molecule has 0 spiro atoms. The summed E-state index contributed by atoms with van der Waals surface area (Å²) < 4.78 is 5.24. The molecule has 2 N–H and O–H groups in total. The molecule has 0 aromatic heterocycles. The van der Waals surface area contributed by atoms with Crippen molar-refractivity contribution in [2.75, 3.05) is 7.11 Å². The van der Waals surface area contributed by atoms with Crippen LogP contribution in [0.15, 0.2) is 36.4 Å². The minimum atomic E-state index is 0.326. The Morgan fingerprint density at radius 1 is 1.00 bits per heavy atom. The van der Waals surface area contributed by atoms with E-state index >= 15 is 0 Å². The van der Waals surface area contributed by atoms with Crippen molar-refractivity contribution < 1.29 is 14.9 Å². The molecule has 0 bridgehead atoms. The fourth-order valence-corrected chi connectivity index (χ4v) is 5.00. The fourth-order valence-electron chi connectivity index (χ4n) is 5.00. The number of ether oxygens (including phenoxy) is 1. The average Bonchev–Trinajstić information content (AvgIpc) is 2.63. The van der Waals surface area contributed by atoms with Crippen molar-refractivity contribution in [1.29, 1.82) is 0 Å². The number of phenols is 2.